The molecular weight excluding hydrogens is 322 g/mol. The Morgan fingerprint density at radius 3 is 2.59 bits per heavy atom. The number of aromatic amines is 1. The lowest BCUT2D eigenvalue weighted by atomic mass is 10.1. The van der Waals surface area contributed by atoms with Crippen LogP contribution in [-0.2, 0) is 0 Å². The summed E-state index contributed by atoms with van der Waals surface area (Å²) in [7, 11) is 0. The number of carbonyl (C=O) groups excluding carboxylic acids is 1. The molecule has 0 saturated carbocycles. The molecular formula is C15H16ClN3O2S. The van der Waals surface area contributed by atoms with E-state index in [0.29, 0.717) is 21.3 Å². The molecule has 22 heavy (non-hydrogen) atoms. The molecule has 1 aromatic carbocycles. The van der Waals surface area contributed by atoms with Crippen LogP contribution in [0.25, 0.3) is 0 Å². The number of aromatic nitrogens is 2. The predicted molar refractivity (Wildman–Crippen MR) is 88.7 cm³/mol. The number of thioether (sulfide) groups is 1. The molecule has 0 saturated heterocycles. The third kappa shape index (κ3) is 3.69. The number of carbonyl (C=O) groups is 1. The van der Waals surface area contributed by atoms with Gasteiger partial charge < -0.3 is 10.3 Å². The van der Waals surface area contributed by atoms with Crippen molar-refractivity contribution in [1.82, 2.24) is 15.3 Å². The van der Waals surface area contributed by atoms with Crippen molar-refractivity contribution in [2.45, 2.75) is 24.9 Å². The molecule has 0 fully saturated rings. The molecule has 2 N–H and O–H groups in total. The topological polar surface area (TPSA) is 74.8 Å². The highest BCUT2D eigenvalue weighted by Crippen LogP contribution is 2.20. The fourth-order valence-electron chi connectivity index (χ4n) is 2.08. The van der Waals surface area contributed by atoms with E-state index in [1.54, 1.807) is 25.3 Å². The fraction of sp³-hybridized carbons (Fsp3) is 0.267. The molecule has 0 unspecified atom stereocenters. The highest BCUT2D eigenvalue weighted by atomic mass is 35.5. The number of amides is 1. The lowest BCUT2D eigenvalue weighted by Gasteiger charge is -2.16. The van der Waals surface area contributed by atoms with Crippen molar-refractivity contribution in [1.29, 1.82) is 0 Å². The molecule has 0 aliphatic rings. The molecule has 0 aliphatic carbocycles. The zero-order valence-corrected chi connectivity index (χ0v) is 14.0. The van der Waals surface area contributed by atoms with Gasteiger partial charge in [0.15, 0.2) is 0 Å². The fourth-order valence-corrected chi connectivity index (χ4v) is 2.83. The molecule has 1 aromatic heterocycles. The largest absolute Gasteiger partial charge is 0.346 e. The minimum Gasteiger partial charge on any atom is -0.345 e. The Kier molecular flexibility index (Phi) is 5.26. The molecule has 1 atom stereocenters. The minimum atomic E-state index is -0.454. The summed E-state index contributed by atoms with van der Waals surface area (Å²) >= 11 is 7.13. The molecule has 5 nitrogen and oxygen atoms in total. The molecule has 2 rings (SSSR count). The van der Waals surface area contributed by atoms with E-state index in [1.807, 2.05) is 19.1 Å². The average Bonchev–Trinajstić information content (AvgIpc) is 2.46. The van der Waals surface area contributed by atoms with Crippen LogP contribution < -0.4 is 11.0 Å². The first-order valence-electron chi connectivity index (χ1n) is 6.63. The summed E-state index contributed by atoms with van der Waals surface area (Å²) in [6.45, 7) is 3.57. The van der Waals surface area contributed by atoms with Crippen LogP contribution in [0.2, 0.25) is 5.02 Å². The van der Waals surface area contributed by atoms with Gasteiger partial charge in [0.05, 0.1) is 11.6 Å². The Morgan fingerprint density at radius 1 is 1.36 bits per heavy atom. The molecule has 0 bridgehead atoms. The Hall–Kier alpha value is -1.79. The zero-order valence-electron chi connectivity index (χ0n) is 12.4. The van der Waals surface area contributed by atoms with E-state index < -0.39 is 5.69 Å². The number of H-pyrrole nitrogens is 1. The smallest absolute Gasteiger partial charge is 0.345 e. The van der Waals surface area contributed by atoms with Crippen molar-refractivity contribution in [2.75, 3.05) is 6.26 Å². The Labute approximate surface area is 137 Å². The van der Waals surface area contributed by atoms with Gasteiger partial charge in [-0.3, -0.25) is 4.79 Å². The molecule has 1 heterocycles. The number of nitrogens with zero attached hydrogens (tertiary/aromatic N) is 1. The highest BCUT2D eigenvalue weighted by Gasteiger charge is 2.19. The van der Waals surface area contributed by atoms with E-state index in [-0.39, 0.29) is 11.9 Å². The van der Waals surface area contributed by atoms with Gasteiger partial charge in [0, 0.05) is 10.7 Å². The maximum Gasteiger partial charge on any atom is 0.346 e. The van der Waals surface area contributed by atoms with Crippen molar-refractivity contribution < 1.29 is 4.79 Å². The first-order valence-corrected chi connectivity index (χ1v) is 8.24. The summed E-state index contributed by atoms with van der Waals surface area (Å²) in [6, 6.07) is 7.09. The number of hydrogen-bond donors (Lipinski definition) is 2. The quantitative estimate of drug-likeness (QED) is 0.664. The Bertz CT molecular complexity index is 743. The zero-order chi connectivity index (χ0) is 16.3. The standard InChI is InChI=1S/C15H16ClN3O2S/c1-8(10-4-6-11(16)7-5-10)17-13(20)12-9(2)18-15(21)19-14(12)22-3/h4-8H,1-3H3,(H,17,20)(H,18,19,21)/t8-/m0/s1. The van der Waals surface area contributed by atoms with Gasteiger partial charge in [-0.25, -0.2) is 4.79 Å². The summed E-state index contributed by atoms with van der Waals surface area (Å²) in [5, 5.41) is 3.97. The van der Waals surface area contributed by atoms with Crippen molar-refractivity contribution >= 4 is 29.3 Å². The summed E-state index contributed by atoms with van der Waals surface area (Å²) in [5.41, 5.74) is 1.39. The molecule has 1 amide bonds. The maximum absolute atomic E-state index is 12.5. The predicted octanol–water partition coefficient (Wildman–Crippen LogP) is 2.94. The molecule has 7 heteroatoms. The van der Waals surface area contributed by atoms with E-state index in [1.165, 1.54) is 11.8 Å². The second-order valence-electron chi connectivity index (χ2n) is 4.80. The number of aryl methyl sites for hydroxylation is 1. The lowest BCUT2D eigenvalue weighted by molar-refractivity contribution is 0.0935. The molecule has 0 radical (unpaired) electrons. The van der Waals surface area contributed by atoms with Gasteiger partial charge in [0.25, 0.3) is 5.91 Å². The van der Waals surface area contributed by atoms with Crippen molar-refractivity contribution in [2.24, 2.45) is 0 Å². The van der Waals surface area contributed by atoms with E-state index in [0.717, 1.165) is 5.56 Å². The van der Waals surface area contributed by atoms with Gasteiger partial charge in [-0.05, 0) is 37.8 Å². The van der Waals surface area contributed by atoms with E-state index in [4.69, 9.17) is 11.6 Å². The lowest BCUT2D eigenvalue weighted by Crippen LogP contribution is -2.30. The average molecular weight is 338 g/mol. The van der Waals surface area contributed by atoms with Gasteiger partial charge in [-0.1, -0.05) is 23.7 Å². The van der Waals surface area contributed by atoms with Crippen LogP contribution in [-0.4, -0.2) is 22.1 Å². The van der Waals surface area contributed by atoms with E-state index in [9.17, 15) is 9.59 Å². The van der Waals surface area contributed by atoms with Gasteiger partial charge in [0.2, 0.25) is 0 Å². The monoisotopic (exact) mass is 337 g/mol. The minimum absolute atomic E-state index is 0.189. The van der Waals surface area contributed by atoms with Crippen LogP contribution >= 0.6 is 23.4 Å². The number of hydrogen-bond acceptors (Lipinski definition) is 4. The van der Waals surface area contributed by atoms with Crippen LogP contribution in [0.15, 0.2) is 34.1 Å². The van der Waals surface area contributed by atoms with Gasteiger partial charge in [-0.2, -0.15) is 4.98 Å². The van der Waals surface area contributed by atoms with Gasteiger partial charge >= 0.3 is 5.69 Å². The van der Waals surface area contributed by atoms with E-state index >= 15 is 0 Å². The molecule has 0 aliphatic heterocycles. The summed E-state index contributed by atoms with van der Waals surface area (Å²) in [6.07, 6.45) is 1.78. The Morgan fingerprint density at radius 2 is 2.00 bits per heavy atom. The number of rotatable bonds is 4. The third-order valence-corrected chi connectivity index (χ3v) is 4.16. The second kappa shape index (κ2) is 6.98. The molecule has 0 spiro atoms. The normalized spacial score (nSPS) is 12.0. The third-order valence-electron chi connectivity index (χ3n) is 3.22. The van der Waals surface area contributed by atoms with Crippen LogP contribution in [0.3, 0.4) is 0 Å². The Balaban J connectivity index is 2.26. The summed E-state index contributed by atoms with van der Waals surface area (Å²) in [4.78, 5) is 30.3. The van der Waals surface area contributed by atoms with Crippen molar-refractivity contribution in [3.05, 3.63) is 56.6 Å². The number of halogens is 1. The van der Waals surface area contributed by atoms with Crippen LogP contribution in [0, 0.1) is 6.92 Å². The van der Waals surface area contributed by atoms with Crippen LogP contribution in [0.1, 0.15) is 34.6 Å². The highest BCUT2D eigenvalue weighted by molar-refractivity contribution is 7.98. The molecule has 116 valence electrons. The number of benzene rings is 1. The van der Waals surface area contributed by atoms with Crippen LogP contribution in [0.5, 0.6) is 0 Å². The van der Waals surface area contributed by atoms with Gasteiger partial charge in [-0.15, -0.1) is 11.8 Å². The second-order valence-corrected chi connectivity index (χ2v) is 6.03. The van der Waals surface area contributed by atoms with Crippen molar-refractivity contribution in [3.63, 3.8) is 0 Å². The van der Waals surface area contributed by atoms with Gasteiger partial charge in [0.1, 0.15) is 5.03 Å². The van der Waals surface area contributed by atoms with Crippen molar-refractivity contribution in [3.8, 4) is 0 Å². The summed E-state index contributed by atoms with van der Waals surface area (Å²) < 4.78 is 0. The summed E-state index contributed by atoms with van der Waals surface area (Å²) in [5.74, 6) is -0.270. The maximum atomic E-state index is 12.5. The molecule has 2 aromatic rings. The first-order chi connectivity index (χ1) is 10.4. The SMILES string of the molecule is CSc1nc(=O)[nH]c(C)c1C(=O)N[C@@H](C)c1ccc(Cl)cc1. The number of nitrogens with one attached hydrogen (secondary N) is 2. The van der Waals surface area contributed by atoms with E-state index in [2.05, 4.69) is 15.3 Å². The van der Waals surface area contributed by atoms with Crippen LogP contribution in [0.4, 0.5) is 0 Å². The first kappa shape index (κ1) is 16.6.